The number of nitrogens with zero attached hydrogens (tertiary/aromatic N) is 1. The van der Waals surface area contributed by atoms with Gasteiger partial charge in [0.2, 0.25) is 20.9 Å². The van der Waals surface area contributed by atoms with E-state index in [1.54, 1.807) is 24.3 Å². The molecule has 0 aromatic heterocycles. The van der Waals surface area contributed by atoms with Crippen LogP contribution in [0.3, 0.4) is 0 Å². The van der Waals surface area contributed by atoms with E-state index in [1.165, 1.54) is 13.0 Å². The minimum Gasteiger partial charge on any atom is -0.241 e. The Morgan fingerprint density at radius 2 is 1.80 bits per heavy atom. The number of allylic oxidation sites excluding steroid dienone is 1. The van der Waals surface area contributed by atoms with Gasteiger partial charge in [-0.25, -0.2) is 30.7 Å². The molecule has 0 radical (unpaired) electrons. The third-order valence-electron chi connectivity index (χ3n) is 3.21. The summed E-state index contributed by atoms with van der Waals surface area (Å²) in [5.41, 5.74) is 0.0227. The summed E-state index contributed by atoms with van der Waals surface area (Å²) in [7, 11) is -7.72. The Morgan fingerprint density at radius 3 is 2.32 bits per heavy atom. The highest BCUT2D eigenvalue weighted by atomic mass is 35.5. The van der Waals surface area contributed by atoms with Crippen molar-refractivity contribution in [3.8, 4) is 0 Å². The van der Waals surface area contributed by atoms with E-state index in [2.05, 4.69) is 0 Å². The molecule has 0 saturated carbocycles. The first-order chi connectivity index (χ1) is 11.6. The Bertz CT molecular complexity index is 995. The van der Waals surface area contributed by atoms with Crippen molar-refractivity contribution in [3.63, 3.8) is 0 Å². The van der Waals surface area contributed by atoms with Crippen molar-refractivity contribution in [2.24, 2.45) is 5.14 Å². The molecular weight excluding hydrogens is 391 g/mol. The van der Waals surface area contributed by atoms with Crippen LogP contribution in [0.5, 0.6) is 0 Å². The van der Waals surface area contributed by atoms with Crippen molar-refractivity contribution in [2.75, 3.05) is 4.31 Å². The number of sulfonamides is 1. The number of hydrogen-bond acceptors (Lipinski definition) is 4. The Morgan fingerprint density at radius 1 is 1.20 bits per heavy atom. The van der Waals surface area contributed by atoms with Gasteiger partial charge in [0.1, 0.15) is 16.4 Å². The number of anilines is 1. The number of primary sulfonamides is 1. The zero-order valence-corrected chi connectivity index (χ0v) is 15.4. The molecule has 0 aliphatic rings. The second kappa shape index (κ2) is 7.52. The van der Waals surface area contributed by atoms with E-state index in [0.29, 0.717) is 14.9 Å². The van der Waals surface area contributed by atoms with Gasteiger partial charge in [0.05, 0.1) is 0 Å². The normalized spacial score (nSPS) is 12.4. The van der Waals surface area contributed by atoms with Crippen LogP contribution in [-0.4, -0.2) is 16.8 Å². The quantitative estimate of drug-likeness (QED) is 0.748. The topological polar surface area (TPSA) is 97.5 Å². The molecule has 0 aliphatic heterocycles. The number of halogens is 2. The summed E-state index contributed by atoms with van der Waals surface area (Å²) < 4.78 is 61.7. The van der Waals surface area contributed by atoms with Gasteiger partial charge in [0.25, 0.3) is 0 Å². The fourth-order valence-electron chi connectivity index (χ4n) is 2.18. The number of benzene rings is 2. The van der Waals surface area contributed by atoms with E-state index in [1.807, 2.05) is 0 Å². The van der Waals surface area contributed by atoms with Crippen LogP contribution < -0.4 is 9.44 Å². The van der Waals surface area contributed by atoms with Crippen LogP contribution in [0.4, 0.5) is 10.1 Å². The van der Waals surface area contributed by atoms with Gasteiger partial charge in [-0.2, -0.15) is 0 Å². The Labute approximate surface area is 151 Å². The summed E-state index contributed by atoms with van der Waals surface area (Å²) in [6, 6.07) is 9.57. The zero-order valence-electron chi connectivity index (χ0n) is 12.9. The maximum atomic E-state index is 14.3. The second-order valence-corrected chi connectivity index (χ2v) is 7.86. The van der Waals surface area contributed by atoms with Gasteiger partial charge in [0, 0.05) is 10.7 Å². The average Bonchev–Trinajstić information content (AvgIpc) is 2.50. The van der Waals surface area contributed by atoms with Crippen molar-refractivity contribution >= 4 is 44.3 Å². The van der Waals surface area contributed by atoms with Crippen molar-refractivity contribution in [1.82, 2.24) is 0 Å². The van der Waals surface area contributed by atoms with Gasteiger partial charge in [-0.3, -0.25) is 0 Å². The van der Waals surface area contributed by atoms with Crippen molar-refractivity contribution in [3.05, 3.63) is 64.6 Å². The molecule has 6 nitrogen and oxygen atoms in total. The third-order valence-corrected chi connectivity index (χ3v) is 5.25. The molecule has 25 heavy (non-hydrogen) atoms. The van der Waals surface area contributed by atoms with Crippen molar-refractivity contribution in [2.45, 2.75) is 11.8 Å². The van der Waals surface area contributed by atoms with Crippen LogP contribution in [0.2, 0.25) is 5.02 Å². The molecule has 0 fully saturated rings. The molecule has 2 rings (SSSR count). The van der Waals surface area contributed by atoms with Crippen LogP contribution in [0, 0.1) is 5.82 Å². The molecule has 134 valence electrons. The van der Waals surface area contributed by atoms with Gasteiger partial charge in [-0.15, -0.1) is 0 Å². The smallest absolute Gasteiger partial charge is 0.240 e. The zero-order chi connectivity index (χ0) is 18.8. The lowest BCUT2D eigenvalue weighted by Crippen LogP contribution is -2.24. The summed E-state index contributed by atoms with van der Waals surface area (Å²) in [4.78, 5) is -0.629. The van der Waals surface area contributed by atoms with Crippen LogP contribution >= 0.6 is 11.6 Å². The van der Waals surface area contributed by atoms with Crippen LogP contribution in [0.1, 0.15) is 12.5 Å². The highest BCUT2D eigenvalue weighted by Crippen LogP contribution is 2.31. The standard InChI is InChI=1S/C15H14ClFN2O4S2/c1-10(9-11-5-7-12(16)8-6-11)19(24(20)21)15-13(17)3-2-4-14(15)25(18,22)23/h2-9,24H,1H3,(H2,18,22,23)/b10-9-. The molecule has 2 aromatic carbocycles. The summed E-state index contributed by atoms with van der Waals surface area (Å²) in [6.07, 6.45) is 1.45. The molecule has 2 N–H and O–H groups in total. The molecule has 0 heterocycles. The molecule has 0 saturated heterocycles. The Hall–Kier alpha value is -1.94. The molecule has 0 amide bonds. The number of thiol groups is 1. The van der Waals surface area contributed by atoms with E-state index in [4.69, 9.17) is 16.7 Å². The fourth-order valence-corrected chi connectivity index (χ4v) is 3.78. The fraction of sp³-hybridized carbons (Fsp3) is 0.0667. The van der Waals surface area contributed by atoms with Crippen LogP contribution in [0.15, 0.2) is 53.1 Å². The lowest BCUT2D eigenvalue weighted by atomic mass is 10.2. The Kier molecular flexibility index (Phi) is 5.83. The molecule has 10 heteroatoms. The Balaban J connectivity index is 2.66. The largest absolute Gasteiger partial charge is 0.241 e. The highest BCUT2D eigenvalue weighted by Gasteiger charge is 2.25. The number of rotatable bonds is 5. The maximum absolute atomic E-state index is 14.3. The molecule has 0 atom stereocenters. The minimum absolute atomic E-state index is 0.0773. The molecule has 0 unspecified atom stereocenters. The van der Waals surface area contributed by atoms with E-state index in [-0.39, 0.29) is 5.70 Å². The SMILES string of the molecule is C/C(=C/c1ccc(Cl)cc1)N(c1c(F)cccc1S(N)(=O)=O)[SH](=O)=O. The third kappa shape index (κ3) is 4.57. The average molecular weight is 405 g/mol. The molecule has 0 spiro atoms. The van der Waals surface area contributed by atoms with E-state index < -0.39 is 37.3 Å². The number of para-hydroxylation sites is 1. The van der Waals surface area contributed by atoms with Gasteiger partial charge in [-0.05, 0) is 42.8 Å². The van der Waals surface area contributed by atoms with Crippen LogP contribution in [0.25, 0.3) is 6.08 Å². The molecule has 0 bridgehead atoms. The van der Waals surface area contributed by atoms with E-state index in [9.17, 15) is 21.2 Å². The van der Waals surface area contributed by atoms with Gasteiger partial charge in [0.15, 0.2) is 0 Å². The first kappa shape index (κ1) is 19.4. The summed E-state index contributed by atoms with van der Waals surface area (Å²) >= 11 is 5.79. The number of nitrogens with two attached hydrogens (primary N) is 1. The van der Waals surface area contributed by atoms with Crippen LogP contribution in [-0.2, 0) is 20.9 Å². The second-order valence-electron chi connectivity index (χ2n) is 5.02. The van der Waals surface area contributed by atoms with Gasteiger partial charge < -0.3 is 0 Å². The predicted molar refractivity (Wildman–Crippen MR) is 95.7 cm³/mol. The molecular formula is C15H14ClFN2O4S2. The summed E-state index contributed by atoms with van der Waals surface area (Å²) in [5.74, 6) is -1.03. The van der Waals surface area contributed by atoms with Crippen molar-refractivity contribution in [1.29, 1.82) is 0 Å². The minimum atomic E-state index is -4.34. The molecule has 2 aromatic rings. The molecule has 0 aliphatic carbocycles. The monoisotopic (exact) mass is 404 g/mol. The number of hydrogen-bond donors (Lipinski definition) is 2. The lowest BCUT2D eigenvalue weighted by Gasteiger charge is -2.21. The first-order valence-corrected chi connectivity index (χ1v) is 9.86. The highest BCUT2D eigenvalue weighted by molar-refractivity contribution is 7.89. The summed E-state index contributed by atoms with van der Waals surface area (Å²) in [5, 5.41) is 5.57. The van der Waals surface area contributed by atoms with Gasteiger partial charge in [-0.1, -0.05) is 29.8 Å². The first-order valence-electron chi connectivity index (χ1n) is 6.81. The lowest BCUT2D eigenvalue weighted by molar-refractivity contribution is 0.591. The predicted octanol–water partition coefficient (Wildman–Crippen LogP) is 2.52. The maximum Gasteiger partial charge on any atom is 0.240 e. The summed E-state index contributed by atoms with van der Waals surface area (Å²) in [6.45, 7) is 1.40. The van der Waals surface area contributed by atoms with Gasteiger partial charge >= 0.3 is 0 Å². The van der Waals surface area contributed by atoms with E-state index in [0.717, 1.165) is 18.2 Å². The van der Waals surface area contributed by atoms with E-state index >= 15 is 0 Å². The van der Waals surface area contributed by atoms with Crippen molar-refractivity contribution < 1.29 is 21.2 Å².